The fraction of sp³-hybridized carbons (Fsp3) is 0.308. The van der Waals surface area contributed by atoms with Crippen molar-refractivity contribution in [2.75, 3.05) is 32.6 Å². The first-order chi connectivity index (χ1) is 19.7. The summed E-state index contributed by atoms with van der Waals surface area (Å²) in [4.78, 5) is 42.3. The van der Waals surface area contributed by atoms with Crippen molar-refractivity contribution in [2.45, 2.75) is 17.7 Å². The quantitative estimate of drug-likeness (QED) is 0.299. The van der Waals surface area contributed by atoms with Gasteiger partial charge in [0, 0.05) is 24.9 Å². The molecule has 2 unspecified atom stereocenters. The van der Waals surface area contributed by atoms with E-state index in [-0.39, 0.29) is 29.1 Å². The molecule has 2 fully saturated rings. The number of morpholine rings is 1. The Labute approximate surface area is 237 Å². The number of fused-ring (bicyclic) bond motifs is 1. The Morgan fingerprint density at radius 3 is 2.51 bits per heavy atom. The van der Waals surface area contributed by atoms with Gasteiger partial charge in [-0.05, 0) is 35.4 Å². The predicted octanol–water partition coefficient (Wildman–Crippen LogP) is 1.70. The van der Waals surface area contributed by atoms with Gasteiger partial charge < -0.3 is 19.4 Å². The lowest BCUT2D eigenvalue weighted by molar-refractivity contribution is -0.120. The first-order valence-corrected chi connectivity index (χ1v) is 15.4. The lowest BCUT2D eigenvalue weighted by Crippen LogP contribution is -2.40. The molecule has 15 heteroatoms. The van der Waals surface area contributed by atoms with Crippen LogP contribution in [0.25, 0.3) is 21.3 Å². The van der Waals surface area contributed by atoms with Gasteiger partial charge in [0.15, 0.2) is 15.1 Å². The molecule has 0 saturated carbocycles. The molecule has 41 heavy (non-hydrogen) atoms. The van der Waals surface area contributed by atoms with E-state index in [0.717, 1.165) is 22.1 Å². The van der Waals surface area contributed by atoms with E-state index >= 15 is 0 Å². The number of urea groups is 1. The monoisotopic (exact) mass is 596 g/mol. The highest BCUT2D eigenvalue weighted by atomic mass is 32.2. The number of aromatic nitrogens is 3. The lowest BCUT2D eigenvalue weighted by Gasteiger charge is -2.26. The molecule has 2 aliphatic heterocycles. The zero-order chi connectivity index (χ0) is 28.7. The molecule has 4 aromatic rings. The SMILES string of the molecule is CS(=O)(=O)C(c1nnc(CC2NC(=O)NC2=O)o1)c1nc2ccc(-c3ccc(C(=O)N4CCOCC4)cc3)cc2s1. The number of nitrogens with zero attached hydrogens (tertiary/aromatic N) is 4. The molecule has 0 spiro atoms. The van der Waals surface area contributed by atoms with Crippen LogP contribution in [0, 0.1) is 0 Å². The molecule has 0 bridgehead atoms. The number of nitrogens with one attached hydrogen (secondary N) is 2. The van der Waals surface area contributed by atoms with E-state index in [0.29, 0.717) is 37.4 Å². The first kappa shape index (κ1) is 27.0. The molecule has 4 amide bonds. The molecule has 0 aliphatic carbocycles. The van der Waals surface area contributed by atoms with Crippen LogP contribution in [0.15, 0.2) is 46.9 Å². The number of sulfone groups is 1. The van der Waals surface area contributed by atoms with Crippen molar-refractivity contribution in [3.05, 3.63) is 64.8 Å². The molecule has 2 saturated heterocycles. The van der Waals surface area contributed by atoms with E-state index in [1.807, 2.05) is 24.3 Å². The Balaban J connectivity index is 1.24. The van der Waals surface area contributed by atoms with E-state index in [1.54, 1.807) is 23.1 Å². The van der Waals surface area contributed by atoms with E-state index < -0.39 is 33.1 Å². The van der Waals surface area contributed by atoms with Gasteiger partial charge in [-0.2, -0.15) is 0 Å². The minimum atomic E-state index is -3.78. The average molecular weight is 597 g/mol. The number of hydrogen-bond donors (Lipinski definition) is 2. The number of imide groups is 1. The molecule has 2 N–H and O–H groups in total. The topological polar surface area (TPSA) is 174 Å². The van der Waals surface area contributed by atoms with Crippen molar-refractivity contribution in [3.63, 3.8) is 0 Å². The average Bonchev–Trinajstić information content (AvgIpc) is 3.66. The van der Waals surface area contributed by atoms with E-state index in [1.165, 1.54) is 11.3 Å². The number of thiazole rings is 1. The summed E-state index contributed by atoms with van der Waals surface area (Å²) in [5.74, 6) is -0.730. The van der Waals surface area contributed by atoms with Crippen molar-refractivity contribution in [2.24, 2.45) is 0 Å². The van der Waals surface area contributed by atoms with Crippen LogP contribution < -0.4 is 10.6 Å². The standard InChI is InChI=1S/C26H24N6O7S2/c1-41(36,37)21(23-31-30-20(39-23)13-18-22(33)29-26(35)28-18)24-27-17-7-6-16(12-19(17)40-24)14-2-4-15(5-3-14)25(34)32-8-10-38-11-9-32/h2-7,12,18,21H,8-11,13H2,1H3,(H2,28,29,33,35). The maximum Gasteiger partial charge on any atom is 0.322 e. The second-order valence-electron chi connectivity index (χ2n) is 9.68. The Kier molecular flexibility index (Phi) is 7.01. The van der Waals surface area contributed by atoms with Crippen molar-refractivity contribution in [3.8, 4) is 11.1 Å². The molecule has 13 nitrogen and oxygen atoms in total. The van der Waals surface area contributed by atoms with E-state index in [9.17, 15) is 22.8 Å². The molecule has 2 aromatic carbocycles. The fourth-order valence-corrected chi connectivity index (χ4v) is 7.22. The van der Waals surface area contributed by atoms with Gasteiger partial charge in [0.05, 0.1) is 29.9 Å². The van der Waals surface area contributed by atoms with Gasteiger partial charge in [0.1, 0.15) is 11.0 Å². The highest BCUT2D eigenvalue weighted by Gasteiger charge is 2.36. The summed E-state index contributed by atoms with van der Waals surface area (Å²) in [5.41, 5.74) is 2.98. The largest absolute Gasteiger partial charge is 0.423 e. The molecule has 0 radical (unpaired) electrons. The Hall–Kier alpha value is -4.21. The summed E-state index contributed by atoms with van der Waals surface area (Å²) >= 11 is 1.19. The molecular formula is C26H24N6O7S2. The summed E-state index contributed by atoms with van der Waals surface area (Å²) in [6.45, 7) is 2.21. The van der Waals surface area contributed by atoms with Crippen molar-refractivity contribution < 1.29 is 32.0 Å². The summed E-state index contributed by atoms with van der Waals surface area (Å²) in [6, 6.07) is 11.4. The molecular weight excluding hydrogens is 572 g/mol. The van der Waals surface area contributed by atoms with Gasteiger partial charge in [-0.25, -0.2) is 18.2 Å². The molecule has 212 valence electrons. The van der Waals surface area contributed by atoms with Crippen LogP contribution in [0.4, 0.5) is 4.79 Å². The van der Waals surface area contributed by atoms with Gasteiger partial charge in [-0.1, -0.05) is 18.2 Å². The van der Waals surface area contributed by atoms with Crippen LogP contribution in [0.2, 0.25) is 0 Å². The zero-order valence-electron chi connectivity index (χ0n) is 21.7. The molecule has 2 aliphatic rings. The minimum Gasteiger partial charge on any atom is -0.423 e. The van der Waals surface area contributed by atoms with E-state index in [2.05, 4.69) is 25.8 Å². The van der Waals surface area contributed by atoms with Crippen molar-refractivity contribution in [1.29, 1.82) is 0 Å². The highest BCUT2D eigenvalue weighted by Crippen LogP contribution is 2.36. The fourth-order valence-electron chi connectivity index (χ4n) is 4.69. The summed E-state index contributed by atoms with van der Waals surface area (Å²) in [6.07, 6.45) is 0.977. The third-order valence-electron chi connectivity index (χ3n) is 6.76. The van der Waals surface area contributed by atoms with Gasteiger partial charge in [-0.15, -0.1) is 21.5 Å². The van der Waals surface area contributed by atoms with Gasteiger partial charge in [-0.3, -0.25) is 14.9 Å². The van der Waals surface area contributed by atoms with Crippen LogP contribution in [0.5, 0.6) is 0 Å². The number of rotatable bonds is 7. The maximum absolute atomic E-state index is 12.8. The van der Waals surface area contributed by atoms with Gasteiger partial charge >= 0.3 is 6.03 Å². The van der Waals surface area contributed by atoms with Crippen LogP contribution in [-0.2, 0) is 25.8 Å². The molecule has 4 heterocycles. The second kappa shape index (κ2) is 10.6. The van der Waals surface area contributed by atoms with Crippen LogP contribution >= 0.6 is 11.3 Å². The third kappa shape index (κ3) is 5.55. The summed E-state index contributed by atoms with van der Waals surface area (Å²) in [7, 11) is -3.78. The van der Waals surface area contributed by atoms with Gasteiger partial charge in [0.2, 0.25) is 11.8 Å². The summed E-state index contributed by atoms with van der Waals surface area (Å²) in [5, 5.41) is 11.3. The number of ether oxygens (including phenoxy) is 1. The number of carbonyl (C=O) groups excluding carboxylic acids is 3. The zero-order valence-corrected chi connectivity index (χ0v) is 23.3. The number of hydrogen-bond acceptors (Lipinski definition) is 11. The third-order valence-corrected chi connectivity index (χ3v) is 9.28. The molecule has 2 atom stereocenters. The second-order valence-corrected chi connectivity index (χ2v) is 12.9. The number of carbonyl (C=O) groups is 3. The number of benzene rings is 2. The van der Waals surface area contributed by atoms with Crippen molar-refractivity contribution >= 4 is 49.2 Å². The molecule has 2 aromatic heterocycles. The van der Waals surface area contributed by atoms with E-state index in [4.69, 9.17) is 9.15 Å². The normalized spacial score (nSPS) is 18.4. The van der Waals surface area contributed by atoms with Crippen molar-refractivity contribution in [1.82, 2.24) is 30.7 Å². The summed E-state index contributed by atoms with van der Waals surface area (Å²) < 4.78 is 37.4. The smallest absolute Gasteiger partial charge is 0.322 e. The lowest BCUT2D eigenvalue weighted by atomic mass is 10.0. The first-order valence-electron chi connectivity index (χ1n) is 12.7. The minimum absolute atomic E-state index is 0.00921. The van der Waals surface area contributed by atoms with Crippen LogP contribution in [0.1, 0.15) is 32.4 Å². The molecule has 6 rings (SSSR count). The highest BCUT2D eigenvalue weighted by molar-refractivity contribution is 7.91. The predicted molar refractivity (Wildman–Crippen MR) is 147 cm³/mol. The van der Waals surface area contributed by atoms with Crippen LogP contribution in [0.3, 0.4) is 0 Å². The van der Waals surface area contributed by atoms with Gasteiger partial charge in [0.25, 0.3) is 11.8 Å². The Morgan fingerprint density at radius 2 is 1.83 bits per heavy atom. The Morgan fingerprint density at radius 1 is 1.10 bits per heavy atom. The number of amides is 4. The Bertz CT molecular complexity index is 1760. The van der Waals surface area contributed by atoms with Crippen LogP contribution in [-0.4, -0.2) is 84.9 Å². The maximum atomic E-state index is 12.8.